The van der Waals surface area contributed by atoms with Crippen LogP contribution in [0, 0.1) is 5.82 Å². The maximum absolute atomic E-state index is 13.5. The molecule has 126 valence electrons. The van der Waals surface area contributed by atoms with Gasteiger partial charge in [0.2, 0.25) is 10.0 Å². The average molecular weight is 342 g/mol. The van der Waals surface area contributed by atoms with Crippen molar-refractivity contribution in [3.8, 4) is 0 Å². The lowest BCUT2D eigenvalue weighted by molar-refractivity contribution is -0.140. The van der Waals surface area contributed by atoms with E-state index in [2.05, 4.69) is 4.72 Å². The average Bonchev–Trinajstić information content (AvgIpc) is 2.41. The van der Waals surface area contributed by atoms with Crippen molar-refractivity contribution in [2.45, 2.75) is 43.3 Å². The standard InChI is InChI=1S/C13H18F4N2O2S/c1-2-3-4-9(8-18)19-22(20,21)10-5-6-11(12(14)7-10)13(15,16)17/h5-7,9,19H,2-4,8,18H2,1H3. The number of nitrogens with two attached hydrogens (primary N) is 1. The van der Waals surface area contributed by atoms with Crippen molar-refractivity contribution in [2.75, 3.05) is 6.54 Å². The van der Waals surface area contributed by atoms with Crippen molar-refractivity contribution in [1.82, 2.24) is 4.72 Å². The lowest BCUT2D eigenvalue weighted by Crippen LogP contribution is -2.40. The number of hydrogen-bond acceptors (Lipinski definition) is 3. The van der Waals surface area contributed by atoms with Crippen LogP contribution in [0.1, 0.15) is 31.7 Å². The molecule has 0 heterocycles. The first-order chi connectivity index (χ1) is 10.1. The number of rotatable bonds is 7. The molecule has 3 N–H and O–H groups in total. The fourth-order valence-corrected chi connectivity index (χ4v) is 3.15. The molecule has 1 rings (SSSR count). The molecule has 0 fully saturated rings. The summed E-state index contributed by atoms with van der Waals surface area (Å²) in [5.41, 5.74) is 3.95. The molecule has 0 aliphatic rings. The molecular formula is C13H18F4N2O2S. The summed E-state index contributed by atoms with van der Waals surface area (Å²) in [7, 11) is -4.12. The highest BCUT2D eigenvalue weighted by Crippen LogP contribution is 2.32. The largest absolute Gasteiger partial charge is 0.419 e. The van der Waals surface area contributed by atoms with Crippen LogP contribution in [-0.2, 0) is 16.2 Å². The second-order valence-corrected chi connectivity index (χ2v) is 6.55. The van der Waals surface area contributed by atoms with Crippen LogP contribution < -0.4 is 10.5 Å². The Morgan fingerprint density at radius 2 is 1.95 bits per heavy atom. The quantitative estimate of drug-likeness (QED) is 0.748. The Bertz CT molecular complexity index is 603. The number of benzene rings is 1. The van der Waals surface area contributed by atoms with Crippen LogP contribution in [0.25, 0.3) is 0 Å². The second kappa shape index (κ2) is 7.38. The maximum atomic E-state index is 13.5. The van der Waals surface area contributed by atoms with Crippen LogP contribution in [-0.4, -0.2) is 21.0 Å². The van der Waals surface area contributed by atoms with Crippen molar-refractivity contribution in [1.29, 1.82) is 0 Å². The fraction of sp³-hybridized carbons (Fsp3) is 0.538. The molecule has 0 aliphatic carbocycles. The number of hydrogen-bond donors (Lipinski definition) is 2. The Kier molecular flexibility index (Phi) is 6.33. The van der Waals surface area contributed by atoms with Gasteiger partial charge in [0.15, 0.2) is 0 Å². The lowest BCUT2D eigenvalue weighted by atomic mass is 10.1. The van der Waals surface area contributed by atoms with E-state index in [4.69, 9.17) is 5.73 Å². The normalized spacial score (nSPS) is 14.1. The van der Waals surface area contributed by atoms with Crippen molar-refractivity contribution < 1.29 is 26.0 Å². The van der Waals surface area contributed by atoms with Gasteiger partial charge in [-0.25, -0.2) is 17.5 Å². The molecule has 22 heavy (non-hydrogen) atoms. The summed E-state index contributed by atoms with van der Waals surface area (Å²) in [6.07, 6.45) is -2.80. The molecule has 1 aromatic carbocycles. The van der Waals surface area contributed by atoms with E-state index in [1.165, 1.54) is 0 Å². The number of alkyl halides is 3. The Morgan fingerprint density at radius 3 is 2.41 bits per heavy atom. The van der Waals surface area contributed by atoms with E-state index in [1.54, 1.807) is 0 Å². The summed E-state index contributed by atoms with van der Waals surface area (Å²) in [5, 5.41) is 0. The summed E-state index contributed by atoms with van der Waals surface area (Å²) >= 11 is 0. The van der Waals surface area contributed by atoms with Gasteiger partial charge in [0.05, 0.1) is 10.5 Å². The van der Waals surface area contributed by atoms with Crippen LogP contribution in [0.15, 0.2) is 23.1 Å². The molecule has 0 aliphatic heterocycles. The van der Waals surface area contributed by atoms with Crippen LogP contribution in [0.4, 0.5) is 17.6 Å². The summed E-state index contributed by atoms with van der Waals surface area (Å²) in [5.74, 6) is -1.63. The minimum absolute atomic E-state index is 0.0440. The lowest BCUT2D eigenvalue weighted by Gasteiger charge is -2.17. The number of unbranched alkanes of at least 4 members (excludes halogenated alkanes) is 1. The summed E-state index contributed by atoms with van der Waals surface area (Å²) in [6, 6.07) is 0.948. The molecule has 0 spiro atoms. The smallest absolute Gasteiger partial charge is 0.329 e. The monoisotopic (exact) mass is 342 g/mol. The SMILES string of the molecule is CCCCC(CN)NS(=O)(=O)c1ccc(C(F)(F)F)c(F)c1. The Hall–Kier alpha value is -1.19. The van der Waals surface area contributed by atoms with E-state index < -0.39 is 38.5 Å². The molecule has 0 saturated carbocycles. The Morgan fingerprint density at radius 1 is 1.32 bits per heavy atom. The van der Waals surface area contributed by atoms with E-state index >= 15 is 0 Å². The molecule has 0 saturated heterocycles. The van der Waals surface area contributed by atoms with E-state index in [0.29, 0.717) is 18.6 Å². The first-order valence-electron chi connectivity index (χ1n) is 6.71. The molecule has 4 nitrogen and oxygen atoms in total. The first-order valence-corrected chi connectivity index (χ1v) is 8.19. The van der Waals surface area contributed by atoms with Crippen LogP contribution in [0.5, 0.6) is 0 Å². The van der Waals surface area contributed by atoms with Gasteiger partial charge in [0, 0.05) is 12.6 Å². The summed E-state index contributed by atoms with van der Waals surface area (Å²) < 4.78 is 77.2. The molecule has 0 bridgehead atoms. The highest BCUT2D eigenvalue weighted by molar-refractivity contribution is 7.89. The molecule has 0 amide bonds. The molecule has 0 aromatic heterocycles. The third kappa shape index (κ3) is 4.92. The van der Waals surface area contributed by atoms with Gasteiger partial charge >= 0.3 is 6.18 Å². The third-order valence-corrected chi connectivity index (χ3v) is 4.59. The van der Waals surface area contributed by atoms with Crippen LogP contribution in [0.3, 0.4) is 0 Å². The Balaban J connectivity index is 3.01. The van der Waals surface area contributed by atoms with Gasteiger partial charge < -0.3 is 5.73 Å². The first kappa shape index (κ1) is 18.9. The summed E-state index contributed by atoms with van der Waals surface area (Å²) in [4.78, 5) is -0.562. The van der Waals surface area contributed by atoms with Gasteiger partial charge in [-0.15, -0.1) is 0 Å². The van der Waals surface area contributed by atoms with Crippen molar-refractivity contribution in [3.63, 3.8) is 0 Å². The van der Waals surface area contributed by atoms with Gasteiger partial charge in [0.25, 0.3) is 0 Å². The zero-order chi connectivity index (χ0) is 17.0. The molecular weight excluding hydrogens is 324 g/mol. The minimum Gasteiger partial charge on any atom is -0.329 e. The van der Waals surface area contributed by atoms with Gasteiger partial charge in [-0.1, -0.05) is 19.8 Å². The topological polar surface area (TPSA) is 72.2 Å². The van der Waals surface area contributed by atoms with Crippen molar-refractivity contribution in [3.05, 3.63) is 29.6 Å². The van der Waals surface area contributed by atoms with E-state index in [1.807, 2.05) is 6.92 Å². The predicted octanol–water partition coefficient (Wildman–Crippen LogP) is 2.64. The van der Waals surface area contributed by atoms with E-state index in [0.717, 1.165) is 18.9 Å². The van der Waals surface area contributed by atoms with Crippen LogP contribution >= 0.6 is 0 Å². The number of nitrogens with one attached hydrogen (secondary N) is 1. The van der Waals surface area contributed by atoms with Gasteiger partial charge in [-0.05, 0) is 24.6 Å². The number of sulfonamides is 1. The van der Waals surface area contributed by atoms with E-state index in [-0.39, 0.29) is 6.54 Å². The molecule has 1 unspecified atom stereocenters. The van der Waals surface area contributed by atoms with Gasteiger partial charge in [-0.2, -0.15) is 13.2 Å². The maximum Gasteiger partial charge on any atom is 0.419 e. The zero-order valence-corrected chi connectivity index (χ0v) is 12.8. The third-order valence-electron chi connectivity index (χ3n) is 3.07. The second-order valence-electron chi connectivity index (χ2n) is 4.84. The van der Waals surface area contributed by atoms with Gasteiger partial charge in [-0.3, -0.25) is 0 Å². The minimum atomic E-state index is -4.87. The predicted molar refractivity (Wildman–Crippen MR) is 74.1 cm³/mol. The molecule has 1 atom stereocenters. The van der Waals surface area contributed by atoms with E-state index in [9.17, 15) is 26.0 Å². The molecule has 0 radical (unpaired) electrons. The van der Waals surface area contributed by atoms with Crippen molar-refractivity contribution in [2.24, 2.45) is 5.73 Å². The van der Waals surface area contributed by atoms with Crippen LogP contribution in [0.2, 0.25) is 0 Å². The number of halogens is 4. The van der Waals surface area contributed by atoms with Crippen molar-refractivity contribution >= 4 is 10.0 Å². The summed E-state index contributed by atoms with van der Waals surface area (Å²) in [6.45, 7) is 1.97. The molecule has 9 heteroatoms. The zero-order valence-electron chi connectivity index (χ0n) is 12.0. The molecule has 1 aromatic rings. The van der Waals surface area contributed by atoms with Gasteiger partial charge in [0.1, 0.15) is 5.82 Å². The Labute approximate surface area is 126 Å². The highest BCUT2D eigenvalue weighted by atomic mass is 32.2. The fourth-order valence-electron chi connectivity index (χ4n) is 1.86. The highest BCUT2D eigenvalue weighted by Gasteiger charge is 2.34.